The first kappa shape index (κ1) is 14.6. The number of Topliss-reactive ketones (excluding diaryl/α,β-unsaturated/α-hetero) is 1. The van der Waals surface area contributed by atoms with E-state index in [4.69, 9.17) is 16.0 Å². The van der Waals surface area contributed by atoms with Crippen LogP contribution in [0.15, 0.2) is 16.7 Å². The van der Waals surface area contributed by atoms with Gasteiger partial charge in [0.15, 0.2) is 5.78 Å². The molecule has 106 valence electrons. The highest BCUT2D eigenvalue weighted by Crippen LogP contribution is 2.25. The van der Waals surface area contributed by atoms with E-state index in [1.165, 1.54) is 16.8 Å². The summed E-state index contributed by atoms with van der Waals surface area (Å²) < 4.78 is 29.3. The molecule has 1 aromatic heterocycles. The van der Waals surface area contributed by atoms with Crippen LogP contribution in [0.2, 0.25) is 5.22 Å². The monoisotopic (exact) mass is 305 g/mol. The molecular weight excluding hydrogens is 290 g/mol. The van der Waals surface area contributed by atoms with Gasteiger partial charge in [0, 0.05) is 19.5 Å². The van der Waals surface area contributed by atoms with Gasteiger partial charge in [-0.15, -0.1) is 0 Å². The van der Waals surface area contributed by atoms with Crippen molar-refractivity contribution < 1.29 is 17.6 Å². The SMILES string of the molecule is CS(=O)(=O)N1CCCC(CC(=O)c2ccoc2Cl)C1. The van der Waals surface area contributed by atoms with Crippen LogP contribution in [0.5, 0.6) is 0 Å². The minimum atomic E-state index is -3.18. The summed E-state index contributed by atoms with van der Waals surface area (Å²) in [5.74, 6) is -0.0546. The average molecular weight is 306 g/mol. The summed E-state index contributed by atoms with van der Waals surface area (Å²) >= 11 is 5.76. The Morgan fingerprint density at radius 1 is 1.58 bits per heavy atom. The number of sulfonamides is 1. The van der Waals surface area contributed by atoms with Gasteiger partial charge in [-0.25, -0.2) is 12.7 Å². The zero-order valence-electron chi connectivity index (χ0n) is 10.6. The van der Waals surface area contributed by atoms with Gasteiger partial charge in [-0.2, -0.15) is 0 Å². The Kier molecular flexibility index (Phi) is 4.32. The van der Waals surface area contributed by atoms with Crippen LogP contribution < -0.4 is 0 Å². The standard InChI is InChI=1S/C12H16ClNO4S/c1-19(16,17)14-5-2-3-9(8-14)7-11(15)10-4-6-18-12(10)13/h4,6,9H,2-3,5,7-8H2,1H3. The highest BCUT2D eigenvalue weighted by molar-refractivity contribution is 7.88. The van der Waals surface area contributed by atoms with E-state index in [1.807, 2.05) is 0 Å². The molecule has 2 heterocycles. The predicted molar refractivity (Wildman–Crippen MR) is 71.8 cm³/mol. The first-order chi connectivity index (χ1) is 8.88. The maximum absolute atomic E-state index is 12.0. The van der Waals surface area contributed by atoms with Crippen molar-refractivity contribution in [2.75, 3.05) is 19.3 Å². The summed E-state index contributed by atoms with van der Waals surface area (Å²) in [7, 11) is -3.18. The number of rotatable bonds is 4. The smallest absolute Gasteiger partial charge is 0.211 e. The van der Waals surface area contributed by atoms with Crippen molar-refractivity contribution in [2.45, 2.75) is 19.3 Å². The lowest BCUT2D eigenvalue weighted by Gasteiger charge is -2.30. The van der Waals surface area contributed by atoms with Crippen LogP contribution in [0.4, 0.5) is 0 Å². The van der Waals surface area contributed by atoms with Crippen LogP contribution in [-0.4, -0.2) is 37.9 Å². The second kappa shape index (κ2) is 5.64. The fraction of sp³-hybridized carbons (Fsp3) is 0.583. The molecule has 19 heavy (non-hydrogen) atoms. The molecule has 1 fully saturated rings. The molecule has 1 aromatic rings. The van der Waals surface area contributed by atoms with E-state index < -0.39 is 10.0 Å². The Morgan fingerprint density at radius 2 is 2.32 bits per heavy atom. The molecule has 0 aliphatic carbocycles. The summed E-state index contributed by atoms with van der Waals surface area (Å²) in [6.07, 6.45) is 4.51. The first-order valence-electron chi connectivity index (χ1n) is 6.09. The van der Waals surface area contributed by atoms with Crippen molar-refractivity contribution >= 4 is 27.4 Å². The van der Waals surface area contributed by atoms with Crippen LogP contribution >= 0.6 is 11.6 Å². The highest BCUT2D eigenvalue weighted by atomic mass is 35.5. The van der Waals surface area contributed by atoms with Gasteiger partial charge in [0.1, 0.15) is 0 Å². The third-order valence-electron chi connectivity index (χ3n) is 3.34. The fourth-order valence-corrected chi connectivity index (χ4v) is 3.52. The Morgan fingerprint density at radius 3 is 2.89 bits per heavy atom. The van der Waals surface area contributed by atoms with Crippen molar-refractivity contribution in [1.82, 2.24) is 4.31 Å². The molecule has 0 N–H and O–H groups in total. The molecular formula is C12H16ClNO4S. The van der Waals surface area contributed by atoms with Crippen LogP contribution in [0.3, 0.4) is 0 Å². The molecule has 0 bridgehead atoms. The Labute approximate surface area is 117 Å². The lowest BCUT2D eigenvalue weighted by molar-refractivity contribution is 0.0942. The number of piperidine rings is 1. The van der Waals surface area contributed by atoms with Crippen molar-refractivity contribution in [3.05, 3.63) is 23.1 Å². The van der Waals surface area contributed by atoms with Crippen molar-refractivity contribution in [3.63, 3.8) is 0 Å². The molecule has 1 atom stereocenters. The summed E-state index contributed by atoms with van der Waals surface area (Å²) in [6, 6.07) is 1.54. The zero-order chi connectivity index (χ0) is 14.0. The van der Waals surface area contributed by atoms with Crippen LogP contribution in [0, 0.1) is 5.92 Å². The number of ketones is 1. The molecule has 0 aromatic carbocycles. The van der Waals surface area contributed by atoms with Gasteiger partial charge in [-0.05, 0) is 36.4 Å². The number of furan rings is 1. The minimum Gasteiger partial charge on any atom is -0.452 e. The Bertz CT molecular complexity index is 566. The molecule has 1 aliphatic heterocycles. The van der Waals surface area contributed by atoms with Gasteiger partial charge < -0.3 is 4.42 Å². The number of hydrogen-bond acceptors (Lipinski definition) is 4. The average Bonchev–Trinajstić information content (AvgIpc) is 2.75. The fourth-order valence-electron chi connectivity index (χ4n) is 2.36. The first-order valence-corrected chi connectivity index (χ1v) is 8.32. The van der Waals surface area contributed by atoms with E-state index in [9.17, 15) is 13.2 Å². The third-order valence-corrected chi connectivity index (χ3v) is 4.91. The van der Waals surface area contributed by atoms with Crippen LogP contribution in [0.25, 0.3) is 0 Å². The molecule has 1 saturated heterocycles. The van der Waals surface area contributed by atoms with E-state index in [0.717, 1.165) is 12.8 Å². The topological polar surface area (TPSA) is 67.6 Å². The number of hydrogen-bond donors (Lipinski definition) is 0. The lowest BCUT2D eigenvalue weighted by Crippen LogP contribution is -2.39. The van der Waals surface area contributed by atoms with Gasteiger partial charge in [0.05, 0.1) is 18.1 Å². The zero-order valence-corrected chi connectivity index (χ0v) is 12.2. The molecule has 5 nitrogen and oxygen atoms in total. The molecule has 2 rings (SSSR count). The maximum atomic E-state index is 12.0. The van der Waals surface area contributed by atoms with Gasteiger partial charge in [0.2, 0.25) is 15.2 Å². The predicted octanol–water partition coefficient (Wildman–Crippen LogP) is 2.18. The molecule has 1 unspecified atom stereocenters. The largest absolute Gasteiger partial charge is 0.452 e. The summed E-state index contributed by atoms with van der Waals surface area (Å²) in [4.78, 5) is 12.0. The van der Waals surface area contributed by atoms with Crippen molar-refractivity contribution in [1.29, 1.82) is 0 Å². The second-order valence-electron chi connectivity index (χ2n) is 4.86. The Hall–Kier alpha value is -0.850. The van der Waals surface area contributed by atoms with E-state index in [1.54, 1.807) is 6.07 Å². The number of carbonyl (C=O) groups is 1. The normalized spacial score (nSPS) is 21.5. The lowest BCUT2D eigenvalue weighted by atomic mass is 9.92. The van der Waals surface area contributed by atoms with Gasteiger partial charge in [0.25, 0.3) is 0 Å². The number of carbonyl (C=O) groups excluding carboxylic acids is 1. The van der Waals surface area contributed by atoms with E-state index >= 15 is 0 Å². The molecule has 0 saturated carbocycles. The van der Waals surface area contributed by atoms with E-state index in [-0.39, 0.29) is 16.9 Å². The summed E-state index contributed by atoms with van der Waals surface area (Å²) in [5.41, 5.74) is 0.373. The van der Waals surface area contributed by atoms with Gasteiger partial charge in [-0.1, -0.05) is 0 Å². The second-order valence-corrected chi connectivity index (χ2v) is 7.19. The van der Waals surface area contributed by atoms with Gasteiger partial charge in [-0.3, -0.25) is 4.79 Å². The molecule has 0 radical (unpaired) electrons. The molecule has 7 heteroatoms. The third kappa shape index (κ3) is 3.58. The minimum absolute atomic E-state index is 0.0435. The van der Waals surface area contributed by atoms with Crippen LogP contribution in [-0.2, 0) is 10.0 Å². The molecule has 1 aliphatic rings. The van der Waals surface area contributed by atoms with E-state index in [0.29, 0.717) is 25.1 Å². The number of nitrogens with zero attached hydrogens (tertiary/aromatic N) is 1. The van der Waals surface area contributed by atoms with E-state index in [2.05, 4.69) is 0 Å². The quantitative estimate of drug-likeness (QED) is 0.800. The van der Waals surface area contributed by atoms with Crippen LogP contribution in [0.1, 0.15) is 29.6 Å². The summed E-state index contributed by atoms with van der Waals surface area (Å²) in [5, 5.41) is 0.0979. The molecule has 0 spiro atoms. The maximum Gasteiger partial charge on any atom is 0.211 e. The summed E-state index contributed by atoms with van der Waals surface area (Å²) in [6.45, 7) is 0.941. The molecule has 0 amide bonds. The highest BCUT2D eigenvalue weighted by Gasteiger charge is 2.28. The van der Waals surface area contributed by atoms with Crippen molar-refractivity contribution in [3.8, 4) is 0 Å². The Balaban J connectivity index is 2.00. The number of halogens is 1. The van der Waals surface area contributed by atoms with Gasteiger partial charge >= 0.3 is 0 Å². The van der Waals surface area contributed by atoms with Crippen molar-refractivity contribution in [2.24, 2.45) is 5.92 Å².